The lowest BCUT2D eigenvalue weighted by molar-refractivity contribution is 0.0663. The zero-order valence-corrected chi connectivity index (χ0v) is 14.5. The van der Waals surface area contributed by atoms with E-state index in [9.17, 15) is 14.3 Å². The lowest BCUT2D eigenvalue weighted by Crippen LogP contribution is -2.36. The van der Waals surface area contributed by atoms with Crippen LogP contribution in [0.5, 0.6) is 0 Å². The van der Waals surface area contributed by atoms with E-state index >= 15 is 0 Å². The molecular weight excluding hydrogens is 329 g/mol. The number of benzene rings is 2. The maximum atomic E-state index is 13.6. The van der Waals surface area contributed by atoms with Crippen molar-refractivity contribution >= 4 is 5.91 Å². The number of rotatable bonds is 3. The first-order valence-electron chi connectivity index (χ1n) is 8.96. The molecule has 1 aliphatic rings. The molecule has 2 aromatic rings. The van der Waals surface area contributed by atoms with Crippen LogP contribution in [0.25, 0.3) is 0 Å². The summed E-state index contributed by atoms with van der Waals surface area (Å²) in [4.78, 5) is 12.3. The maximum Gasteiger partial charge on any atom is 0.251 e. The molecule has 0 heterocycles. The molecule has 4 heteroatoms. The highest BCUT2D eigenvalue weighted by Gasteiger charge is 2.23. The molecule has 0 spiro atoms. The van der Waals surface area contributed by atoms with E-state index in [1.54, 1.807) is 42.5 Å². The predicted octanol–water partition coefficient (Wildman–Crippen LogP) is 3.51. The van der Waals surface area contributed by atoms with Gasteiger partial charge in [-0.15, -0.1) is 0 Å². The van der Waals surface area contributed by atoms with Crippen LogP contribution in [0.1, 0.15) is 47.2 Å². The van der Waals surface area contributed by atoms with Gasteiger partial charge in [-0.1, -0.05) is 36.8 Å². The summed E-state index contributed by atoms with van der Waals surface area (Å²) in [6.45, 7) is 0.495. The summed E-state index contributed by atoms with van der Waals surface area (Å²) in [6, 6.07) is 13.3. The number of aliphatic hydroxyl groups is 1. The monoisotopic (exact) mass is 351 g/mol. The second-order valence-corrected chi connectivity index (χ2v) is 6.63. The topological polar surface area (TPSA) is 49.3 Å². The van der Waals surface area contributed by atoms with Crippen molar-refractivity contribution in [2.24, 2.45) is 5.92 Å². The Labute approximate surface area is 153 Å². The summed E-state index contributed by atoms with van der Waals surface area (Å²) >= 11 is 0. The second kappa shape index (κ2) is 8.64. The summed E-state index contributed by atoms with van der Waals surface area (Å²) in [5.41, 5.74) is 1.61. The molecule has 1 saturated carbocycles. The highest BCUT2D eigenvalue weighted by atomic mass is 19.1. The Morgan fingerprint density at radius 3 is 2.54 bits per heavy atom. The van der Waals surface area contributed by atoms with Gasteiger partial charge < -0.3 is 10.4 Å². The number of nitrogens with one attached hydrogen (secondary N) is 1. The molecule has 134 valence electrons. The Hall–Kier alpha value is -2.64. The highest BCUT2D eigenvalue weighted by Crippen LogP contribution is 2.23. The van der Waals surface area contributed by atoms with Crippen molar-refractivity contribution in [2.45, 2.75) is 31.8 Å². The summed E-state index contributed by atoms with van der Waals surface area (Å²) < 4.78 is 13.6. The van der Waals surface area contributed by atoms with Crippen LogP contribution in [-0.2, 0) is 0 Å². The van der Waals surface area contributed by atoms with Gasteiger partial charge in [0.15, 0.2) is 0 Å². The molecule has 0 saturated heterocycles. The van der Waals surface area contributed by atoms with Crippen molar-refractivity contribution < 1.29 is 14.3 Å². The van der Waals surface area contributed by atoms with Crippen LogP contribution in [-0.4, -0.2) is 23.7 Å². The molecule has 2 aromatic carbocycles. The Balaban J connectivity index is 1.59. The number of hydrogen-bond donors (Lipinski definition) is 2. The fraction of sp³-hybridized carbons (Fsp3) is 0.318. The van der Waals surface area contributed by atoms with Gasteiger partial charge in [-0.3, -0.25) is 4.79 Å². The molecule has 2 N–H and O–H groups in total. The molecule has 3 nitrogen and oxygen atoms in total. The molecule has 0 radical (unpaired) electrons. The van der Waals surface area contributed by atoms with Gasteiger partial charge in [0, 0.05) is 23.6 Å². The molecule has 0 aliphatic heterocycles. The molecular formula is C22H22FNO2. The van der Waals surface area contributed by atoms with E-state index in [1.165, 1.54) is 6.07 Å². The average Bonchev–Trinajstić information content (AvgIpc) is 2.67. The fourth-order valence-corrected chi connectivity index (χ4v) is 3.16. The number of carbonyl (C=O) groups excluding carboxylic acids is 1. The van der Waals surface area contributed by atoms with E-state index in [1.807, 2.05) is 0 Å². The average molecular weight is 351 g/mol. The van der Waals surface area contributed by atoms with Gasteiger partial charge in [-0.05, 0) is 49.2 Å². The summed E-state index contributed by atoms with van der Waals surface area (Å²) in [5.74, 6) is 5.34. The Morgan fingerprint density at radius 1 is 1.08 bits per heavy atom. The summed E-state index contributed by atoms with van der Waals surface area (Å²) in [6.07, 6.45) is 3.61. The number of carbonyl (C=O) groups is 1. The molecule has 2 unspecified atom stereocenters. The largest absolute Gasteiger partial charge is 0.393 e. The van der Waals surface area contributed by atoms with Crippen molar-refractivity contribution in [3.05, 3.63) is 71.0 Å². The van der Waals surface area contributed by atoms with Crippen LogP contribution in [0.4, 0.5) is 4.39 Å². The standard InChI is InChI=1S/C22H22FNO2/c23-20-7-3-1-5-17(20)12-9-16-10-13-18(14-11-16)22(26)24-15-19-6-2-4-8-21(19)25/h1,3,5,7,10-11,13-14,19,21,25H,2,4,6,8,15H2,(H,24,26). The minimum atomic E-state index is -0.346. The van der Waals surface area contributed by atoms with Gasteiger partial charge in [0.1, 0.15) is 5.82 Å². The SMILES string of the molecule is O=C(NCC1CCCCC1O)c1ccc(C#Cc2ccccc2F)cc1. The summed E-state index contributed by atoms with van der Waals surface area (Å²) in [5, 5.41) is 12.9. The Bertz CT molecular complexity index is 820. The van der Waals surface area contributed by atoms with Crippen LogP contribution < -0.4 is 5.32 Å². The molecule has 0 aromatic heterocycles. The zero-order valence-electron chi connectivity index (χ0n) is 14.5. The second-order valence-electron chi connectivity index (χ2n) is 6.63. The van der Waals surface area contributed by atoms with Gasteiger partial charge >= 0.3 is 0 Å². The molecule has 1 aliphatic carbocycles. The van der Waals surface area contributed by atoms with Gasteiger partial charge in [-0.25, -0.2) is 4.39 Å². The number of amides is 1. The zero-order chi connectivity index (χ0) is 18.4. The minimum Gasteiger partial charge on any atom is -0.393 e. The normalized spacial score (nSPS) is 19.3. The Morgan fingerprint density at radius 2 is 1.81 bits per heavy atom. The van der Waals surface area contributed by atoms with Gasteiger partial charge in [0.25, 0.3) is 5.91 Å². The van der Waals surface area contributed by atoms with Crippen LogP contribution in [0.15, 0.2) is 48.5 Å². The molecule has 1 fully saturated rings. The molecule has 1 amide bonds. The third kappa shape index (κ3) is 4.71. The first-order chi connectivity index (χ1) is 12.6. The van der Waals surface area contributed by atoms with E-state index in [2.05, 4.69) is 17.2 Å². The van der Waals surface area contributed by atoms with E-state index in [0.29, 0.717) is 23.2 Å². The van der Waals surface area contributed by atoms with Gasteiger partial charge in [-0.2, -0.15) is 0 Å². The van der Waals surface area contributed by atoms with E-state index in [0.717, 1.165) is 25.7 Å². The number of hydrogen-bond acceptors (Lipinski definition) is 2. The molecule has 3 rings (SSSR count). The number of halogens is 1. The summed E-state index contributed by atoms with van der Waals surface area (Å²) in [7, 11) is 0. The van der Waals surface area contributed by atoms with Crippen molar-refractivity contribution in [2.75, 3.05) is 6.54 Å². The lowest BCUT2D eigenvalue weighted by Gasteiger charge is -2.27. The van der Waals surface area contributed by atoms with Gasteiger partial charge in [0.05, 0.1) is 11.7 Å². The number of aliphatic hydroxyl groups excluding tert-OH is 1. The predicted molar refractivity (Wildman–Crippen MR) is 99.1 cm³/mol. The van der Waals surface area contributed by atoms with Crippen LogP contribution >= 0.6 is 0 Å². The van der Waals surface area contributed by atoms with Crippen molar-refractivity contribution in [3.8, 4) is 11.8 Å². The third-order valence-corrected chi connectivity index (χ3v) is 4.76. The van der Waals surface area contributed by atoms with Gasteiger partial charge in [0.2, 0.25) is 0 Å². The van der Waals surface area contributed by atoms with Crippen molar-refractivity contribution in [3.63, 3.8) is 0 Å². The quantitative estimate of drug-likeness (QED) is 0.832. The first-order valence-corrected chi connectivity index (χ1v) is 8.96. The van der Waals surface area contributed by atoms with Crippen LogP contribution in [0, 0.1) is 23.6 Å². The molecule has 0 bridgehead atoms. The molecule has 2 atom stereocenters. The van der Waals surface area contributed by atoms with E-state index in [4.69, 9.17) is 0 Å². The van der Waals surface area contributed by atoms with E-state index < -0.39 is 0 Å². The third-order valence-electron chi connectivity index (χ3n) is 4.76. The lowest BCUT2D eigenvalue weighted by atomic mass is 9.86. The van der Waals surface area contributed by atoms with Crippen molar-refractivity contribution in [1.82, 2.24) is 5.32 Å². The van der Waals surface area contributed by atoms with E-state index in [-0.39, 0.29) is 23.7 Å². The van der Waals surface area contributed by atoms with Crippen molar-refractivity contribution in [1.29, 1.82) is 0 Å². The highest BCUT2D eigenvalue weighted by molar-refractivity contribution is 5.94. The molecule has 26 heavy (non-hydrogen) atoms. The van der Waals surface area contributed by atoms with Crippen LogP contribution in [0.3, 0.4) is 0 Å². The first kappa shape index (κ1) is 18.2. The minimum absolute atomic E-state index is 0.138. The smallest absolute Gasteiger partial charge is 0.251 e. The van der Waals surface area contributed by atoms with Crippen LogP contribution in [0.2, 0.25) is 0 Å². The fourth-order valence-electron chi connectivity index (χ4n) is 3.16. The maximum absolute atomic E-state index is 13.6. The Kier molecular flexibility index (Phi) is 6.04.